The predicted molar refractivity (Wildman–Crippen MR) is 67.7 cm³/mol. The summed E-state index contributed by atoms with van der Waals surface area (Å²) in [5, 5.41) is 7.21. The summed E-state index contributed by atoms with van der Waals surface area (Å²) >= 11 is 3.38. The molecular weight excluding hydrogens is 270 g/mol. The van der Waals surface area contributed by atoms with Crippen LogP contribution >= 0.6 is 15.9 Å². The molecule has 0 amide bonds. The van der Waals surface area contributed by atoms with Crippen molar-refractivity contribution in [3.05, 3.63) is 16.4 Å². The number of nitrogens with one attached hydrogen (secondary N) is 1. The Morgan fingerprint density at radius 2 is 2.25 bits per heavy atom. The summed E-state index contributed by atoms with van der Waals surface area (Å²) < 4.78 is 2.51. The minimum absolute atomic E-state index is 0.0489. The van der Waals surface area contributed by atoms with Gasteiger partial charge >= 0.3 is 0 Å². The van der Waals surface area contributed by atoms with Crippen molar-refractivity contribution in [1.82, 2.24) is 15.1 Å². The molecule has 0 spiro atoms. The van der Waals surface area contributed by atoms with E-state index in [1.165, 1.54) is 0 Å². The van der Waals surface area contributed by atoms with Crippen LogP contribution in [0.2, 0.25) is 0 Å². The molecule has 1 N–H and O–H groups in total. The van der Waals surface area contributed by atoms with Crippen LogP contribution in [-0.2, 0) is 6.54 Å². The molecule has 0 unspecified atom stereocenters. The van der Waals surface area contributed by atoms with Gasteiger partial charge in [0, 0.05) is 6.54 Å². The summed E-state index contributed by atoms with van der Waals surface area (Å²) in [7, 11) is 1.78. The van der Waals surface area contributed by atoms with Gasteiger partial charge in [0.05, 0.1) is 16.2 Å². The molecule has 0 aliphatic rings. The van der Waals surface area contributed by atoms with Crippen LogP contribution in [0.5, 0.6) is 0 Å². The topological polar surface area (TPSA) is 46.9 Å². The van der Waals surface area contributed by atoms with Gasteiger partial charge < -0.3 is 5.32 Å². The molecule has 0 bridgehead atoms. The van der Waals surface area contributed by atoms with Crippen molar-refractivity contribution in [2.24, 2.45) is 0 Å². The minimum atomic E-state index is -0.575. The molecule has 16 heavy (non-hydrogen) atoms. The smallest absolute Gasteiger partial charge is 0.201 e. The van der Waals surface area contributed by atoms with Crippen molar-refractivity contribution in [2.75, 3.05) is 7.05 Å². The molecule has 1 aromatic heterocycles. The van der Waals surface area contributed by atoms with Crippen molar-refractivity contribution in [3.63, 3.8) is 0 Å². The molecule has 1 heterocycles. The highest BCUT2D eigenvalue weighted by atomic mass is 79.9. The van der Waals surface area contributed by atoms with Gasteiger partial charge in [0.1, 0.15) is 5.69 Å². The van der Waals surface area contributed by atoms with Gasteiger partial charge in [-0.1, -0.05) is 6.92 Å². The lowest BCUT2D eigenvalue weighted by atomic mass is 9.97. The van der Waals surface area contributed by atoms with Gasteiger partial charge in [-0.3, -0.25) is 9.48 Å². The number of carbonyl (C=O) groups excluding carboxylic acids is 1. The number of ketones is 1. The van der Waals surface area contributed by atoms with Crippen molar-refractivity contribution in [1.29, 1.82) is 0 Å². The molecule has 0 radical (unpaired) electrons. The molecule has 0 aromatic carbocycles. The van der Waals surface area contributed by atoms with Gasteiger partial charge in [0.2, 0.25) is 5.78 Å². The Kier molecular flexibility index (Phi) is 4.27. The molecule has 1 rings (SSSR count). The van der Waals surface area contributed by atoms with E-state index in [0.29, 0.717) is 5.69 Å². The highest BCUT2D eigenvalue weighted by molar-refractivity contribution is 9.10. The molecule has 0 fully saturated rings. The van der Waals surface area contributed by atoms with Crippen LogP contribution in [0.15, 0.2) is 10.7 Å². The third-order valence-corrected chi connectivity index (χ3v) is 3.22. The highest BCUT2D eigenvalue weighted by Crippen LogP contribution is 2.21. The zero-order chi connectivity index (χ0) is 12.3. The fourth-order valence-corrected chi connectivity index (χ4v) is 1.86. The van der Waals surface area contributed by atoms with Crippen LogP contribution in [0.1, 0.15) is 37.7 Å². The van der Waals surface area contributed by atoms with Crippen molar-refractivity contribution in [3.8, 4) is 0 Å². The summed E-state index contributed by atoms with van der Waals surface area (Å²) in [6.45, 7) is 6.55. The third-order valence-electron chi connectivity index (χ3n) is 2.64. The molecular formula is C11H18BrN3O. The van der Waals surface area contributed by atoms with Crippen LogP contribution in [-0.4, -0.2) is 28.2 Å². The Hall–Kier alpha value is -0.680. The van der Waals surface area contributed by atoms with E-state index in [-0.39, 0.29) is 5.78 Å². The fraction of sp³-hybridized carbons (Fsp3) is 0.636. The zero-order valence-corrected chi connectivity index (χ0v) is 11.8. The van der Waals surface area contributed by atoms with E-state index in [2.05, 4.69) is 33.3 Å². The average molecular weight is 288 g/mol. The van der Waals surface area contributed by atoms with Gasteiger partial charge in [-0.05, 0) is 43.2 Å². The number of likely N-dealkylation sites (N-methyl/N-ethyl adjacent to an activating group) is 1. The van der Waals surface area contributed by atoms with Gasteiger partial charge in [-0.25, -0.2) is 0 Å². The molecule has 5 heteroatoms. The molecule has 0 aliphatic carbocycles. The second-order valence-electron chi connectivity index (χ2n) is 4.27. The summed E-state index contributed by atoms with van der Waals surface area (Å²) in [4.78, 5) is 12.3. The normalized spacial score (nSPS) is 11.8. The number of Topliss-reactive ketones (excluding diaryl/α,β-unsaturated/α-hetero) is 1. The van der Waals surface area contributed by atoms with E-state index in [1.807, 2.05) is 13.8 Å². The first-order chi connectivity index (χ1) is 7.44. The summed E-state index contributed by atoms with van der Waals surface area (Å²) in [6, 6.07) is 0. The van der Waals surface area contributed by atoms with E-state index < -0.39 is 5.54 Å². The molecule has 0 saturated carbocycles. The lowest BCUT2D eigenvalue weighted by Gasteiger charge is -2.22. The van der Waals surface area contributed by atoms with E-state index in [9.17, 15) is 4.79 Å². The van der Waals surface area contributed by atoms with Crippen LogP contribution in [0.25, 0.3) is 0 Å². The van der Waals surface area contributed by atoms with Gasteiger partial charge in [0.15, 0.2) is 0 Å². The Labute approximate surface area is 105 Å². The minimum Gasteiger partial charge on any atom is -0.308 e. The third kappa shape index (κ3) is 2.52. The van der Waals surface area contributed by atoms with E-state index >= 15 is 0 Å². The largest absolute Gasteiger partial charge is 0.308 e. The number of hydrogen-bond acceptors (Lipinski definition) is 3. The van der Waals surface area contributed by atoms with Crippen molar-refractivity contribution >= 4 is 21.7 Å². The standard InChI is InChI=1S/C11H18BrN3O/c1-5-6-15-9(8(12)7-14-15)10(16)11(2,3)13-4/h7,13H,5-6H2,1-4H3. The fourth-order valence-electron chi connectivity index (χ4n) is 1.38. The molecule has 1 aromatic rings. The maximum absolute atomic E-state index is 12.3. The molecule has 0 saturated heterocycles. The van der Waals surface area contributed by atoms with Crippen LogP contribution in [0.4, 0.5) is 0 Å². The summed E-state index contributed by atoms with van der Waals surface area (Å²) in [5.41, 5.74) is 0.0646. The Balaban J connectivity index is 3.12. The second kappa shape index (κ2) is 5.10. The average Bonchev–Trinajstić information content (AvgIpc) is 2.59. The number of carbonyl (C=O) groups is 1. The first kappa shape index (κ1) is 13.4. The number of nitrogens with zero attached hydrogens (tertiary/aromatic N) is 2. The quantitative estimate of drug-likeness (QED) is 0.845. The Bertz CT molecular complexity index is 385. The first-order valence-electron chi connectivity index (χ1n) is 5.39. The second-order valence-corrected chi connectivity index (χ2v) is 5.12. The van der Waals surface area contributed by atoms with Crippen LogP contribution in [0, 0.1) is 0 Å². The zero-order valence-electron chi connectivity index (χ0n) is 10.2. The SMILES string of the molecule is CCCn1ncc(Br)c1C(=O)C(C)(C)NC. The molecule has 0 aliphatic heterocycles. The number of halogens is 1. The summed E-state index contributed by atoms with van der Waals surface area (Å²) in [6.07, 6.45) is 2.63. The first-order valence-corrected chi connectivity index (χ1v) is 6.18. The Morgan fingerprint density at radius 1 is 1.62 bits per heavy atom. The lowest BCUT2D eigenvalue weighted by molar-refractivity contribution is 0.0877. The maximum atomic E-state index is 12.3. The number of rotatable bonds is 5. The van der Waals surface area contributed by atoms with Crippen LogP contribution < -0.4 is 5.32 Å². The van der Waals surface area contributed by atoms with E-state index in [4.69, 9.17) is 0 Å². The number of hydrogen-bond donors (Lipinski definition) is 1. The van der Waals surface area contributed by atoms with Crippen molar-refractivity contribution in [2.45, 2.75) is 39.3 Å². The van der Waals surface area contributed by atoms with Gasteiger partial charge in [0.25, 0.3) is 0 Å². The molecule has 4 nitrogen and oxygen atoms in total. The highest BCUT2D eigenvalue weighted by Gasteiger charge is 2.30. The van der Waals surface area contributed by atoms with E-state index in [1.54, 1.807) is 17.9 Å². The molecule has 0 atom stereocenters. The van der Waals surface area contributed by atoms with Crippen molar-refractivity contribution < 1.29 is 4.79 Å². The van der Waals surface area contributed by atoms with Gasteiger partial charge in [-0.2, -0.15) is 5.10 Å². The van der Waals surface area contributed by atoms with E-state index in [0.717, 1.165) is 17.4 Å². The number of aromatic nitrogens is 2. The predicted octanol–water partition coefficient (Wildman–Crippen LogP) is 2.24. The lowest BCUT2D eigenvalue weighted by Crippen LogP contribution is -2.45. The van der Waals surface area contributed by atoms with Crippen LogP contribution in [0.3, 0.4) is 0 Å². The number of aryl methyl sites for hydroxylation is 1. The maximum Gasteiger partial charge on any atom is 0.201 e. The monoisotopic (exact) mass is 287 g/mol. The summed E-state index contributed by atoms with van der Waals surface area (Å²) in [5.74, 6) is 0.0489. The Morgan fingerprint density at radius 3 is 2.75 bits per heavy atom. The van der Waals surface area contributed by atoms with Gasteiger partial charge in [-0.15, -0.1) is 0 Å². The molecule has 90 valence electrons.